The number of hydrogen-bond donors (Lipinski definition) is 1. The highest BCUT2D eigenvalue weighted by Gasteiger charge is 2.11. The topological polar surface area (TPSA) is 38.9 Å². The zero-order valence-electron chi connectivity index (χ0n) is 9.02. The van der Waals surface area contributed by atoms with Crippen LogP contribution in [-0.4, -0.2) is 4.98 Å². The second-order valence-corrected chi connectivity index (χ2v) is 4.20. The molecule has 1 aromatic carbocycles. The van der Waals surface area contributed by atoms with E-state index in [-0.39, 0.29) is 6.04 Å². The molecular formula is C13H13ClN2. The second-order valence-electron chi connectivity index (χ2n) is 3.76. The molecule has 0 fully saturated rings. The van der Waals surface area contributed by atoms with Crippen molar-refractivity contribution in [3.8, 4) is 0 Å². The third kappa shape index (κ3) is 2.23. The van der Waals surface area contributed by atoms with E-state index >= 15 is 0 Å². The molecule has 0 aliphatic heterocycles. The maximum absolute atomic E-state index is 6.19. The molecule has 0 spiro atoms. The van der Waals surface area contributed by atoms with Gasteiger partial charge in [-0.05, 0) is 41.8 Å². The lowest BCUT2D eigenvalue weighted by Gasteiger charge is -2.15. The van der Waals surface area contributed by atoms with E-state index in [0.717, 1.165) is 16.7 Å². The van der Waals surface area contributed by atoms with Gasteiger partial charge in [-0.15, -0.1) is 0 Å². The number of pyridine rings is 1. The maximum atomic E-state index is 6.19. The summed E-state index contributed by atoms with van der Waals surface area (Å²) >= 11 is 5.98. The highest BCUT2D eigenvalue weighted by Crippen LogP contribution is 2.24. The van der Waals surface area contributed by atoms with Crippen LogP contribution in [0.15, 0.2) is 42.7 Å². The van der Waals surface area contributed by atoms with Crippen LogP contribution in [0, 0.1) is 6.92 Å². The van der Waals surface area contributed by atoms with E-state index in [4.69, 9.17) is 17.3 Å². The van der Waals surface area contributed by atoms with Crippen molar-refractivity contribution < 1.29 is 0 Å². The van der Waals surface area contributed by atoms with Crippen LogP contribution in [0.3, 0.4) is 0 Å². The van der Waals surface area contributed by atoms with E-state index in [9.17, 15) is 0 Å². The predicted molar refractivity (Wildman–Crippen MR) is 66.5 cm³/mol. The number of nitrogens with two attached hydrogens (primary N) is 1. The average molecular weight is 233 g/mol. The summed E-state index contributed by atoms with van der Waals surface area (Å²) in [6.45, 7) is 2.03. The van der Waals surface area contributed by atoms with Gasteiger partial charge < -0.3 is 5.73 Å². The molecule has 0 radical (unpaired) electrons. The van der Waals surface area contributed by atoms with Crippen molar-refractivity contribution in [2.24, 2.45) is 5.73 Å². The number of benzene rings is 1. The summed E-state index contributed by atoms with van der Waals surface area (Å²) in [4.78, 5) is 4.07. The monoisotopic (exact) mass is 232 g/mol. The molecule has 1 unspecified atom stereocenters. The Kier molecular flexibility index (Phi) is 3.22. The van der Waals surface area contributed by atoms with Crippen LogP contribution in [0.25, 0.3) is 0 Å². The quantitative estimate of drug-likeness (QED) is 0.864. The van der Waals surface area contributed by atoms with E-state index in [2.05, 4.69) is 4.98 Å². The van der Waals surface area contributed by atoms with E-state index in [1.54, 1.807) is 12.4 Å². The van der Waals surface area contributed by atoms with Crippen molar-refractivity contribution in [2.45, 2.75) is 13.0 Å². The Balaban J connectivity index is 2.41. The lowest BCUT2D eigenvalue weighted by molar-refractivity contribution is 0.854. The Labute approximate surface area is 100 Å². The van der Waals surface area contributed by atoms with Gasteiger partial charge in [0.1, 0.15) is 0 Å². The molecule has 1 heterocycles. The molecular weight excluding hydrogens is 220 g/mol. The number of aromatic nitrogens is 1. The average Bonchev–Trinajstić information content (AvgIpc) is 2.32. The fraction of sp³-hybridized carbons (Fsp3) is 0.154. The predicted octanol–water partition coefficient (Wildman–Crippen LogP) is 3.09. The Bertz CT molecular complexity index is 483. The maximum Gasteiger partial charge on any atom is 0.0570 e. The molecule has 2 nitrogen and oxygen atoms in total. The number of rotatable bonds is 2. The van der Waals surface area contributed by atoms with Gasteiger partial charge in [-0.3, -0.25) is 4.98 Å². The summed E-state index contributed by atoms with van der Waals surface area (Å²) in [5.41, 5.74) is 9.36. The van der Waals surface area contributed by atoms with Gasteiger partial charge in [0, 0.05) is 17.4 Å². The minimum absolute atomic E-state index is 0.174. The lowest BCUT2D eigenvalue weighted by Crippen LogP contribution is -2.13. The molecule has 1 aromatic heterocycles. The minimum Gasteiger partial charge on any atom is -0.320 e. The molecule has 1 atom stereocenters. The molecule has 3 heteroatoms. The van der Waals surface area contributed by atoms with Crippen molar-refractivity contribution >= 4 is 11.6 Å². The van der Waals surface area contributed by atoms with E-state index in [0.29, 0.717) is 5.02 Å². The van der Waals surface area contributed by atoms with Crippen molar-refractivity contribution in [3.63, 3.8) is 0 Å². The molecule has 0 aliphatic carbocycles. The number of aryl methyl sites for hydroxylation is 1. The highest BCUT2D eigenvalue weighted by molar-refractivity contribution is 6.30. The molecule has 2 aromatic rings. The Morgan fingerprint density at radius 3 is 2.81 bits per heavy atom. The summed E-state index contributed by atoms with van der Waals surface area (Å²) < 4.78 is 0. The fourth-order valence-electron chi connectivity index (χ4n) is 1.69. The van der Waals surface area contributed by atoms with E-state index in [1.807, 2.05) is 37.3 Å². The zero-order chi connectivity index (χ0) is 11.5. The SMILES string of the molecule is Cc1ccc(Cl)cc1C(N)c1cccnc1. The first-order valence-electron chi connectivity index (χ1n) is 5.10. The third-order valence-electron chi connectivity index (χ3n) is 2.62. The Morgan fingerprint density at radius 2 is 2.12 bits per heavy atom. The second kappa shape index (κ2) is 4.64. The lowest BCUT2D eigenvalue weighted by atomic mass is 9.97. The van der Waals surface area contributed by atoms with Crippen LogP contribution in [-0.2, 0) is 0 Å². The summed E-state index contributed by atoms with van der Waals surface area (Å²) in [6, 6.07) is 9.44. The molecule has 0 saturated heterocycles. The van der Waals surface area contributed by atoms with Crippen LogP contribution in [0.5, 0.6) is 0 Å². The van der Waals surface area contributed by atoms with Crippen molar-refractivity contribution in [3.05, 3.63) is 64.4 Å². The molecule has 0 saturated carbocycles. The Hall–Kier alpha value is -1.38. The summed E-state index contributed by atoms with van der Waals surface area (Å²) in [5.74, 6) is 0. The first-order valence-corrected chi connectivity index (χ1v) is 5.48. The number of hydrogen-bond acceptors (Lipinski definition) is 2. The highest BCUT2D eigenvalue weighted by atomic mass is 35.5. The van der Waals surface area contributed by atoms with Crippen LogP contribution < -0.4 is 5.73 Å². The van der Waals surface area contributed by atoms with Gasteiger partial charge in [-0.1, -0.05) is 23.7 Å². The van der Waals surface area contributed by atoms with Crippen LogP contribution >= 0.6 is 11.6 Å². The standard InChI is InChI=1S/C13H13ClN2/c1-9-4-5-11(14)7-12(9)13(15)10-3-2-6-16-8-10/h2-8,13H,15H2,1H3. The summed E-state index contributed by atoms with van der Waals surface area (Å²) in [5, 5.41) is 0.708. The molecule has 16 heavy (non-hydrogen) atoms. The molecule has 2 N–H and O–H groups in total. The first kappa shape index (κ1) is 11.1. The van der Waals surface area contributed by atoms with Gasteiger partial charge in [0.2, 0.25) is 0 Å². The largest absolute Gasteiger partial charge is 0.320 e. The van der Waals surface area contributed by atoms with Crippen molar-refractivity contribution in [1.82, 2.24) is 4.98 Å². The minimum atomic E-state index is -0.174. The molecule has 2 rings (SSSR count). The van der Waals surface area contributed by atoms with Crippen molar-refractivity contribution in [2.75, 3.05) is 0 Å². The summed E-state index contributed by atoms with van der Waals surface area (Å²) in [6.07, 6.45) is 3.52. The fourth-order valence-corrected chi connectivity index (χ4v) is 1.87. The summed E-state index contributed by atoms with van der Waals surface area (Å²) in [7, 11) is 0. The number of nitrogens with zero attached hydrogens (tertiary/aromatic N) is 1. The Morgan fingerprint density at radius 1 is 1.31 bits per heavy atom. The van der Waals surface area contributed by atoms with Crippen LogP contribution in [0.1, 0.15) is 22.7 Å². The third-order valence-corrected chi connectivity index (χ3v) is 2.85. The molecule has 82 valence electrons. The van der Waals surface area contributed by atoms with E-state index < -0.39 is 0 Å². The van der Waals surface area contributed by atoms with Gasteiger partial charge in [0.15, 0.2) is 0 Å². The van der Waals surface area contributed by atoms with E-state index in [1.165, 1.54) is 0 Å². The van der Waals surface area contributed by atoms with Crippen molar-refractivity contribution in [1.29, 1.82) is 0 Å². The van der Waals surface area contributed by atoms with Gasteiger partial charge in [0.25, 0.3) is 0 Å². The van der Waals surface area contributed by atoms with Gasteiger partial charge >= 0.3 is 0 Å². The number of halogens is 1. The van der Waals surface area contributed by atoms with Gasteiger partial charge in [0.05, 0.1) is 6.04 Å². The van der Waals surface area contributed by atoms with Crippen LogP contribution in [0.2, 0.25) is 5.02 Å². The molecule has 0 amide bonds. The first-order chi connectivity index (χ1) is 7.68. The normalized spacial score (nSPS) is 12.4. The molecule has 0 bridgehead atoms. The van der Waals surface area contributed by atoms with Gasteiger partial charge in [-0.25, -0.2) is 0 Å². The molecule has 0 aliphatic rings. The van der Waals surface area contributed by atoms with Crippen LogP contribution in [0.4, 0.5) is 0 Å². The zero-order valence-corrected chi connectivity index (χ0v) is 9.78. The van der Waals surface area contributed by atoms with Gasteiger partial charge in [-0.2, -0.15) is 0 Å². The smallest absolute Gasteiger partial charge is 0.0570 e.